The topological polar surface area (TPSA) is 107 Å². The number of hydrogen-bond acceptors (Lipinski definition) is 6. The van der Waals surface area contributed by atoms with Crippen molar-refractivity contribution in [3.05, 3.63) is 58.2 Å². The summed E-state index contributed by atoms with van der Waals surface area (Å²) in [6.07, 6.45) is 0. The van der Waals surface area contributed by atoms with Gasteiger partial charge in [-0.25, -0.2) is 0 Å². The first-order valence-electron chi connectivity index (χ1n) is 6.33. The molecule has 0 saturated carbocycles. The number of aliphatic hydroxyl groups is 1. The number of aromatic hydroxyl groups is 2. The van der Waals surface area contributed by atoms with Gasteiger partial charge in [-0.1, -0.05) is 11.5 Å². The Labute approximate surface area is 125 Å². The van der Waals surface area contributed by atoms with Crippen LogP contribution in [0, 0.1) is 4.91 Å². The van der Waals surface area contributed by atoms with Gasteiger partial charge in [0.05, 0.1) is 0 Å². The van der Waals surface area contributed by atoms with Gasteiger partial charge < -0.3 is 15.3 Å². The monoisotopic (exact) mass is 294 g/mol. The third-order valence-electron chi connectivity index (χ3n) is 3.44. The van der Waals surface area contributed by atoms with Gasteiger partial charge in [-0.3, -0.25) is 4.79 Å². The van der Waals surface area contributed by atoms with E-state index in [1.807, 2.05) is 0 Å². The molecule has 0 amide bonds. The fourth-order valence-corrected chi connectivity index (χ4v) is 2.32. The highest BCUT2D eigenvalue weighted by molar-refractivity contribution is 6.77. The highest BCUT2D eigenvalue weighted by Gasteiger charge is 2.27. The van der Waals surface area contributed by atoms with E-state index in [9.17, 15) is 25.0 Å². The van der Waals surface area contributed by atoms with E-state index in [-0.39, 0.29) is 28.2 Å². The van der Waals surface area contributed by atoms with Crippen LogP contribution >= 0.6 is 0 Å². The molecule has 1 radical (unpaired) electrons. The predicted octanol–water partition coefficient (Wildman–Crippen LogP) is 1.95. The van der Waals surface area contributed by atoms with E-state index in [4.69, 9.17) is 0 Å². The second-order valence-electron chi connectivity index (χ2n) is 4.80. The lowest BCUT2D eigenvalue weighted by atomic mass is 9.55. The number of carbonyl (C=O) groups is 1. The zero-order chi connectivity index (χ0) is 15.9. The predicted molar refractivity (Wildman–Crippen MR) is 80.9 cm³/mol. The normalized spacial score (nSPS) is 13.5. The number of carbonyl (C=O) groups excluding carboxylic acids is 1. The molecule has 0 spiro atoms. The Balaban J connectivity index is 2.12. The zero-order valence-corrected chi connectivity index (χ0v) is 11.1. The molecule has 22 heavy (non-hydrogen) atoms. The van der Waals surface area contributed by atoms with Crippen molar-refractivity contribution < 1.29 is 20.1 Å². The lowest BCUT2D eigenvalue weighted by Crippen LogP contribution is -2.31. The van der Waals surface area contributed by atoms with Crippen LogP contribution in [0.1, 0.15) is 15.9 Å². The van der Waals surface area contributed by atoms with Crippen LogP contribution in [0.2, 0.25) is 0 Å². The molecule has 1 aliphatic heterocycles. The highest BCUT2D eigenvalue weighted by Crippen LogP contribution is 2.31. The average molecular weight is 294 g/mol. The molecule has 2 aromatic rings. The standard InChI is InChI=1S/C15H9BNO5/c18-11-4-1-7(5-12(11)19)13-15(21)14(20)9-3-2-8(17-22)6-10(9)16-13/h1-6,18-19,21H. The van der Waals surface area contributed by atoms with E-state index in [1.54, 1.807) is 0 Å². The van der Waals surface area contributed by atoms with Crippen molar-refractivity contribution in [2.45, 2.75) is 0 Å². The van der Waals surface area contributed by atoms with Gasteiger partial charge in [-0.2, -0.15) is 0 Å². The summed E-state index contributed by atoms with van der Waals surface area (Å²) < 4.78 is 0. The maximum Gasteiger partial charge on any atom is 0.226 e. The van der Waals surface area contributed by atoms with Gasteiger partial charge in [-0.05, 0) is 46.5 Å². The molecule has 3 N–H and O–H groups in total. The maximum absolute atomic E-state index is 12.2. The second-order valence-corrected chi connectivity index (χ2v) is 4.80. The van der Waals surface area contributed by atoms with Gasteiger partial charge in [0.25, 0.3) is 0 Å². The molecule has 0 aliphatic carbocycles. The number of fused-ring (bicyclic) bond motifs is 1. The fraction of sp³-hybridized carbons (Fsp3) is 0. The molecule has 0 fully saturated rings. The first-order chi connectivity index (χ1) is 10.5. The van der Waals surface area contributed by atoms with Crippen molar-refractivity contribution in [1.82, 2.24) is 0 Å². The van der Waals surface area contributed by atoms with E-state index in [2.05, 4.69) is 5.18 Å². The minimum atomic E-state index is -0.586. The number of nitroso groups, excluding NO2 is 1. The van der Waals surface area contributed by atoms with Gasteiger partial charge in [0.15, 0.2) is 24.5 Å². The Morgan fingerprint density at radius 3 is 2.41 bits per heavy atom. The first-order valence-corrected chi connectivity index (χ1v) is 6.33. The molecule has 7 heteroatoms. The van der Waals surface area contributed by atoms with Crippen molar-refractivity contribution in [2.75, 3.05) is 0 Å². The number of rotatable bonds is 2. The molecule has 0 atom stereocenters. The summed E-state index contributed by atoms with van der Waals surface area (Å²) >= 11 is 0. The molecule has 3 rings (SSSR count). The van der Waals surface area contributed by atoms with Crippen LogP contribution < -0.4 is 5.46 Å². The summed E-state index contributed by atoms with van der Waals surface area (Å²) in [4.78, 5) is 22.8. The number of benzene rings is 2. The number of nitrogens with zero attached hydrogens (tertiary/aromatic N) is 1. The number of Topliss-reactive ketones (excluding diaryl/α,β-unsaturated/α-hetero) is 1. The molecule has 6 nitrogen and oxygen atoms in total. The Hall–Kier alpha value is -3.09. The van der Waals surface area contributed by atoms with Gasteiger partial charge in [0.1, 0.15) is 5.69 Å². The number of allylic oxidation sites excluding steroid dienone is 1. The first kappa shape index (κ1) is 13.9. The van der Waals surface area contributed by atoms with Crippen LogP contribution in [0.5, 0.6) is 11.5 Å². The van der Waals surface area contributed by atoms with E-state index < -0.39 is 11.5 Å². The SMILES string of the molecule is O=Nc1ccc2c(c1)[B]C(c1ccc(O)c(O)c1)=C(O)C2=O. The van der Waals surface area contributed by atoms with E-state index in [0.29, 0.717) is 11.0 Å². The van der Waals surface area contributed by atoms with Crippen molar-refractivity contribution in [3.63, 3.8) is 0 Å². The molecule has 0 aromatic heterocycles. The Kier molecular flexibility index (Phi) is 3.17. The Bertz CT molecular complexity index is 844. The minimum absolute atomic E-state index is 0.164. The number of aliphatic hydroxyl groups excluding tert-OH is 1. The largest absolute Gasteiger partial charge is 0.504 e. The number of ketones is 1. The molecule has 0 unspecified atom stereocenters. The second kappa shape index (κ2) is 5.03. The molecular weight excluding hydrogens is 285 g/mol. The van der Waals surface area contributed by atoms with Crippen LogP contribution in [-0.4, -0.2) is 28.4 Å². The average Bonchev–Trinajstić information content (AvgIpc) is 2.53. The van der Waals surface area contributed by atoms with Crippen molar-refractivity contribution >= 4 is 29.7 Å². The summed E-state index contributed by atoms with van der Waals surface area (Å²) in [5, 5.41) is 31.8. The van der Waals surface area contributed by atoms with Gasteiger partial charge in [0.2, 0.25) is 5.78 Å². The molecule has 107 valence electrons. The molecule has 0 bridgehead atoms. The van der Waals surface area contributed by atoms with Crippen LogP contribution in [-0.2, 0) is 0 Å². The van der Waals surface area contributed by atoms with Crippen molar-refractivity contribution in [3.8, 4) is 11.5 Å². The zero-order valence-electron chi connectivity index (χ0n) is 11.1. The number of hydrogen-bond donors (Lipinski definition) is 3. The molecule has 1 heterocycles. The Morgan fingerprint density at radius 2 is 1.73 bits per heavy atom. The molecule has 1 aliphatic rings. The van der Waals surface area contributed by atoms with Crippen LogP contribution in [0.15, 0.2) is 47.3 Å². The van der Waals surface area contributed by atoms with Gasteiger partial charge in [-0.15, -0.1) is 4.91 Å². The smallest absolute Gasteiger partial charge is 0.226 e. The lowest BCUT2D eigenvalue weighted by molar-refractivity contribution is 0.0980. The summed E-state index contributed by atoms with van der Waals surface area (Å²) in [6.45, 7) is 0. The molecule has 2 aromatic carbocycles. The minimum Gasteiger partial charge on any atom is -0.504 e. The van der Waals surface area contributed by atoms with Gasteiger partial charge >= 0.3 is 0 Å². The molecular formula is C15H9BNO5. The Morgan fingerprint density at radius 1 is 0.955 bits per heavy atom. The fourth-order valence-electron chi connectivity index (χ4n) is 2.32. The molecule has 0 saturated heterocycles. The summed E-state index contributed by atoms with van der Waals surface area (Å²) in [5.41, 5.74) is 1.42. The van der Waals surface area contributed by atoms with Crippen molar-refractivity contribution in [1.29, 1.82) is 0 Å². The third-order valence-corrected chi connectivity index (χ3v) is 3.44. The number of phenols is 2. The van der Waals surface area contributed by atoms with Crippen LogP contribution in [0.3, 0.4) is 0 Å². The van der Waals surface area contributed by atoms with E-state index in [1.165, 1.54) is 43.7 Å². The van der Waals surface area contributed by atoms with E-state index in [0.717, 1.165) is 0 Å². The van der Waals surface area contributed by atoms with E-state index >= 15 is 0 Å². The van der Waals surface area contributed by atoms with Crippen molar-refractivity contribution in [2.24, 2.45) is 5.18 Å². The van der Waals surface area contributed by atoms with Gasteiger partial charge in [0, 0.05) is 5.56 Å². The highest BCUT2D eigenvalue weighted by atomic mass is 16.3. The van der Waals surface area contributed by atoms with Crippen LogP contribution in [0.4, 0.5) is 5.69 Å². The summed E-state index contributed by atoms with van der Waals surface area (Å²) in [6, 6.07) is 8.19. The summed E-state index contributed by atoms with van der Waals surface area (Å²) in [5.74, 6) is -1.73. The number of phenolic OH excluding ortho intramolecular Hbond substituents is 2. The summed E-state index contributed by atoms with van der Waals surface area (Å²) in [7, 11) is 1.52. The lowest BCUT2D eigenvalue weighted by Gasteiger charge is -2.18. The maximum atomic E-state index is 12.2. The quantitative estimate of drug-likeness (QED) is 0.446. The van der Waals surface area contributed by atoms with Crippen LogP contribution in [0.25, 0.3) is 5.47 Å². The third kappa shape index (κ3) is 2.12.